The molecule has 10 heteroatoms. The monoisotopic (exact) mass is 691 g/mol. The number of ether oxygens (including phenoxy) is 1. The van der Waals surface area contributed by atoms with Crippen molar-refractivity contribution in [2.24, 2.45) is 52.3 Å². The quantitative estimate of drug-likeness (QED) is 0.239. The van der Waals surface area contributed by atoms with Crippen LogP contribution in [0.1, 0.15) is 89.5 Å². The van der Waals surface area contributed by atoms with Crippen LogP contribution in [0.4, 0.5) is 0 Å². The Labute approximate surface area is 294 Å². The van der Waals surface area contributed by atoms with Crippen molar-refractivity contribution < 1.29 is 28.7 Å². The highest BCUT2D eigenvalue weighted by atomic mass is 32.2. The van der Waals surface area contributed by atoms with Gasteiger partial charge < -0.3 is 20.7 Å². The molecule has 8 aliphatic carbocycles. The standard InChI is InChI=1S/C39H53N3O6S/c1-24(43)49-23-32(13-25-5-3-2-4-6-25)35(45)40-22-34(44)48-33(20-41-36(46)38-14-26-7-27(15-38)9-28(8-26)16-38)21-42-37(47)39-17-29-10-30(18-39)12-31(11-29)19-39/h2-6,26-33H,7-23H2,1H3,(H,40,45)(H,41,46)(H,42,47). The molecule has 3 N–H and O–H groups in total. The van der Waals surface area contributed by atoms with Gasteiger partial charge in [0.2, 0.25) is 17.7 Å². The fourth-order valence-electron chi connectivity index (χ4n) is 11.6. The van der Waals surface area contributed by atoms with Gasteiger partial charge in [-0.3, -0.25) is 24.0 Å². The molecule has 0 heterocycles. The summed E-state index contributed by atoms with van der Waals surface area (Å²) in [6.45, 7) is 1.38. The molecular weight excluding hydrogens is 639 g/mol. The Bertz CT molecular complexity index is 1300. The molecule has 8 bridgehead atoms. The maximum absolute atomic E-state index is 13.8. The molecule has 9 nitrogen and oxygen atoms in total. The van der Waals surface area contributed by atoms with E-state index in [-0.39, 0.29) is 53.3 Å². The predicted octanol–water partition coefficient (Wildman–Crippen LogP) is 4.82. The first-order chi connectivity index (χ1) is 23.6. The molecule has 3 amide bonds. The van der Waals surface area contributed by atoms with Crippen LogP contribution < -0.4 is 16.0 Å². The molecule has 49 heavy (non-hydrogen) atoms. The van der Waals surface area contributed by atoms with E-state index in [1.54, 1.807) is 0 Å². The topological polar surface area (TPSA) is 131 Å². The second-order valence-electron chi connectivity index (χ2n) is 16.8. The Kier molecular flexibility index (Phi) is 10.2. The van der Waals surface area contributed by atoms with E-state index in [0.717, 1.165) is 55.9 Å². The lowest BCUT2D eigenvalue weighted by molar-refractivity contribution is -0.154. The molecule has 0 aliphatic heterocycles. The molecule has 8 aliphatic rings. The zero-order valence-corrected chi connectivity index (χ0v) is 29.7. The number of carbonyl (C=O) groups is 5. The van der Waals surface area contributed by atoms with E-state index < -0.39 is 18.0 Å². The average Bonchev–Trinajstić information content (AvgIpc) is 3.05. The number of carbonyl (C=O) groups excluding carboxylic acids is 5. The van der Waals surface area contributed by atoms with Crippen molar-refractivity contribution in [3.05, 3.63) is 35.9 Å². The summed E-state index contributed by atoms with van der Waals surface area (Å²) >= 11 is 1.09. The fraction of sp³-hybridized carbons (Fsp3) is 0.718. The van der Waals surface area contributed by atoms with Crippen LogP contribution >= 0.6 is 11.8 Å². The number of hydrogen-bond donors (Lipinski definition) is 3. The third-order valence-electron chi connectivity index (χ3n) is 12.9. The van der Waals surface area contributed by atoms with Crippen LogP contribution in [-0.4, -0.2) is 60.3 Å². The van der Waals surface area contributed by atoms with E-state index >= 15 is 0 Å². The van der Waals surface area contributed by atoms with Crippen molar-refractivity contribution in [1.82, 2.24) is 16.0 Å². The van der Waals surface area contributed by atoms with Crippen LogP contribution in [0.3, 0.4) is 0 Å². The molecule has 1 unspecified atom stereocenters. The largest absolute Gasteiger partial charge is 0.457 e. The number of thioether (sulfide) groups is 1. The van der Waals surface area contributed by atoms with Gasteiger partial charge in [0.05, 0.1) is 19.0 Å². The lowest BCUT2D eigenvalue weighted by atomic mass is 9.49. The fourth-order valence-corrected chi connectivity index (χ4v) is 12.3. The van der Waals surface area contributed by atoms with Gasteiger partial charge in [0.25, 0.3) is 0 Å². The van der Waals surface area contributed by atoms with Gasteiger partial charge in [0.1, 0.15) is 12.6 Å². The number of rotatable bonds is 14. The maximum atomic E-state index is 13.8. The van der Waals surface area contributed by atoms with Gasteiger partial charge in [-0.05, 0) is 125 Å². The van der Waals surface area contributed by atoms with Crippen molar-refractivity contribution in [3.63, 3.8) is 0 Å². The van der Waals surface area contributed by atoms with Crippen LogP contribution in [0.25, 0.3) is 0 Å². The highest BCUT2D eigenvalue weighted by molar-refractivity contribution is 8.13. The van der Waals surface area contributed by atoms with Gasteiger partial charge in [0, 0.05) is 23.5 Å². The number of hydrogen-bond acceptors (Lipinski definition) is 7. The number of nitrogens with one attached hydrogen (secondary N) is 3. The van der Waals surface area contributed by atoms with Gasteiger partial charge in [0.15, 0.2) is 5.12 Å². The summed E-state index contributed by atoms with van der Waals surface area (Å²) in [6, 6.07) is 9.60. The summed E-state index contributed by atoms with van der Waals surface area (Å²) in [6.07, 6.45) is 12.8. The smallest absolute Gasteiger partial charge is 0.325 e. The van der Waals surface area contributed by atoms with E-state index in [1.165, 1.54) is 45.4 Å². The summed E-state index contributed by atoms with van der Waals surface area (Å²) in [5.74, 6) is 2.77. The molecule has 1 atom stereocenters. The first-order valence-corrected chi connectivity index (χ1v) is 19.8. The summed E-state index contributed by atoms with van der Waals surface area (Å²) in [7, 11) is 0. The molecule has 8 saturated carbocycles. The zero-order valence-electron chi connectivity index (χ0n) is 28.9. The Morgan fingerprint density at radius 1 is 0.714 bits per heavy atom. The molecule has 266 valence electrons. The summed E-state index contributed by atoms with van der Waals surface area (Å²) in [5.41, 5.74) is 0.315. The molecule has 8 fully saturated rings. The van der Waals surface area contributed by atoms with E-state index in [1.807, 2.05) is 30.3 Å². The minimum Gasteiger partial charge on any atom is -0.457 e. The number of benzene rings is 1. The molecule has 9 rings (SSSR count). The lowest BCUT2D eigenvalue weighted by Crippen LogP contribution is -2.56. The second-order valence-corrected chi connectivity index (χ2v) is 18.0. The van der Waals surface area contributed by atoms with Crippen LogP contribution in [0.5, 0.6) is 0 Å². The van der Waals surface area contributed by atoms with E-state index in [9.17, 15) is 24.0 Å². The normalized spacial score (nSPS) is 34.6. The molecular formula is C39H53N3O6S. The molecule has 0 radical (unpaired) electrons. The Hall–Kier alpha value is -2.88. The van der Waals surface area contributed by atoms with Crippen molar-refractivity contribution in [1.29, 1.82) is 0 Å². The highest BCUT2D eigenvalue weighted by Gasteiger charge is 2.56. The third-order valence-corrected chi connectivity index (χ3v) is 13.9. The maximum Gasteiger partial charge on any atom is 0.325 e. The zero-order chi connectivity index (χ0) is 34.2. The van der Waals surface area contributed by atoms with E-state index in [2.05, 4.69) is 16.0 Å². The minimum absolute atomic E-state index is 0.0556. The van der Waals surface area contributed by atoms with Crippen molar-refractivity contribution in [3.8, 4) is 0 Å². The SMILES string of the molecule is CC(=O)SCC(Cc1ccccc1)C(=O)NCC(=O)OC(CNC(=O)C12CC3CC(CC(C3)C1)C2)CNC(=O)C12CC3CC(CC(C3)C1)C2. The van der Waals surface area contributed by atoms with Crippen LogP contribution in [0.2, 0.25) is 0 Å². The van der Waals surface area contributed by atoms with Crippen molar-refractivity contribution in [2.75, 3.05) is 25.4 Å². The van der Waals surface area contributed by atoms with Crippen LogP contribution in [-0.2, 0) is 35.1 Å². The Morgan fingerprint density at radius 2 is 1.16 bits per heavy atom. The van der Waals surface area contributed by atoms with Gasteiger partial charge in [-0.2, -0.15) is 0 Å². The first kappa shape index (κ1) is 34.6. The van der Waals surface area contributed by atoms with Crippen LogP contribution in [0.15, 0.2) is 30.3 Å². The van der Waals surface area contributed by atoms with Crippen molar-refractivity contribution in [2.45, 2.75) is 96.5 Å². The Morgan fingerprint density at radius 3 is 1.59 bits per heavy atom. The molecule has 1 aromatic rings. The van der Waals surface area contributed by atoms with Gasteiger partial charge in [-0.25, -0.2) is 0 Å². The first-order valence-electron chi connectivity index (χ1n) is 18.8. The second kappa shape index (κ2) is 14.4. The lowest BCUT2D eigenvalue weighted by Gasteiger charge is -2.55. The third kappa shape index (κ3) is 7.89. The molecule has 0 saturated heterocycles. The predicted molar refractivity (Wildman–Crippen MR) is 187 cm³/mol. The van der Waals surface area contributed by atoms with Crippen molar-refractivity contribution >= 4 is 40.6 Å². The molecule has 0 spiro atoms. The molecule has 0 aromatic heterocycles. The highest BCUT2D eigenvalue weighted by Crippen LogP contribution is 2.61. The Balaban J connectivity index is 0.973. The summed E-state index contributed by atoms with van der Waals surface area (Å²) < 4.78 is 5.89. The number of amides is 3. The van der Waals surface area contributed by atoms with E-state index in [0.29, 0.717) is 47.7 Å². The minimum atomic E-state index is -0.756. The van der Waals surface area contributed by atoms with Gasteiger partial charge in [-0.1, -0.05) is 42.1 Å². The number of esters is 1. The van der Waals surface area contributed by atoms with Gasteiger partial charge in [-0.15, -0.1) is 0 Å². The van der Waals surface area contributed by atoms with E-state index in [4.69, 9.17) is 4.74 Å². The summed E-state index contributed by atoms with van der Waals surface area (Å²) in [4.78, 5) is 65.7. The average molecular weight is 692 g/mol. The van der Waals surface area contributed by atoms with Gasteiger partial charge >= 0.3 is 5.97 Å². The van der Waals surface area contributed by atoms with Crippen LogP contribution in [0, 0.1) is 52.3 Å². The molecule has 1 aromatic carbocycles. The summed E-state index contributed by atoms with van der Waals surface area (Å²) in [5, 5.41) is 8.96.